The molecule has 0 amide bonds. The van der Waals surface area contributed by atoms with Gasteiger partial charge < -0.3 is 9.84 Å². The van der Waals surface area contributed by atoms with Crippen LogP contribution in [-0.2, 0) is 14.3 Å². The topological polar surface area (TPSA) is 63.6 Å². The van der Waals surface area contributed by atoms with Gasteiger partial charge in [0.1, 0.15) is 0 Å². The molecule has 0 heterocycles. The Balaban J connectivity index is 3.56. The predicted octanol–water partition coefficient (Wildman–Crippen LogP) is 14.6. The average molecular weight is 673 g/mol. The molecule has 0 aliphatic heterocycles. The number of rotatable bonds is 38. The maximum atomic E-state index is 12.2. The third kappa shape index (κ3) is 37.0. The number of carboxylic acids is 1. The third-order valence-electron chi connectivity index (χ3n) is 9.39. The Hall–Kier alpha value is -1.84. The van der Waals surface area contributed by atoms with Crippen molar-refractivity contribution in [2.75, 3.05) is 0 Å². The molecule has 0 aromatic rings. The predicted molar refractivity (Wildman–Crippen MR) is 209 cm³/mol. The summed E-state index contributed by atoms with van der Waals surface area (Å²) >= 11 is 0. The quantitative estimate of drug-likeness (QED) is 0.0403. The van der Waals surface area contributed by atoms with E-state index in [1.807, 2.05) is 0 Å². The molecule has 0 radical (unpaired) electrons. The van der Waals surface area contributed by atoms with Crippen molar-refractivity contribution >= 4 is 11.9 Å². The van der Waals surface area contributed by atoms with Gasteiger partial charge in [-0.25, -0.2) is 4.79 Å². The highest BCUT2D eigenvalue weighted by Crippen LogP contribution is 2.16. The minimum atomic E-state index is -1.01. The number of carbonyl (C=O) groups is 2. The highest BCUT2D eigenvalue weighted by molar-refractivity contribution is 5.77. The molecule has 4 heteroatoms. The number of carboxylic acid groups (broad SMARTS) is 1. The molecule has 0 fully saturated rings. The summed E-state index contributed by atoms with van der Waals surface area (Å²) in [7, 11) is 0. The average Bonchev–Trinajstić information content (AvgIpc) is 3.08. The summed E-state index contributed by atoms with van der Waals surface area (Å²) in [5.41, 5.74) is 0. The first-order chi connectivity index (χ1) is 23.6. The molecule has 0 bridgehead atoms. The molecule has 0 rings (SSSR count). The van der Waals surface area contributed by atoms with Crippen molar-refractivity contribution in [1.29, 1.82) is 0 Å². The Morgan fingerprint density at radius 3 is 1.23 bits per heavy atom. The Bertz CT molecular complexity index is 768. The summed E-state index contributed by atoms with van der Waals surface area (Å²) in [5.74, 6) is -1.36. The summed E-state index contributed by atoms with van der Waals surface area (Å²) in [5, 5.41) is 9.51. The maximum absolute atomic E-state index is 12.2. The third-order valence-corrected chi connectivity index (χ3v) is 9.39. The lowest BCUT2D eigenvalue weighted by atomic mass is 10.0. The van der Waals surface area contributed by atoms with Gasteiger partial charge in [-0.2, -0.15) is 0 Å². The standard InChI is InChI=1S/C44H80O4/c1-3-5-7-9-11-13-15-17-19-21-23-25-27-29-31-33-35-37-39-41-43(45)48-42(44(46)47)40-38-36-34-32-30-28-26-24-22-20-18-16-14-12-10-8-6-4-2/h11,13,17,19,23,25,42H,3-10,12,14-16,18,20-22,24,26-41H2,1-2H3,(H,46,47)/b13-11-,19-17-,25-23-. The number of unbranched alkanes of at least 4 members (excludes halogenated alkanes) is 26. The molecule has 0 saturated heterocycles. The number of allylic oxidation sites excluding steroid dienone is 6. The van der Waals surface area contributed by atoms with E-state index in [0.29, 0.717) is 12.8 Å². The fraction of sp³-hybridized carbons (Fsp3) is 0.818. The van der Waals surface area contributed by atoms with Gasteiger partial charge in [-0.1, -0.05) is 198 Å². The van der Waals surface area contributed by atoms with Gasteiger partial charge in [0.2, 0.25) is 0 Å². The maximum Gasteiger partial charge on any atom is 0.345 e. The van der Waals surface area contributed by atoms with Gasteiger partial charge in [0, 0.05) is 6.42 Å². The molecule has 0 aromatic heterocycles. The number of aliphatic carboxylic acids is 1. The Kier molecular flexibility index (Phi) is 38.1. The van der Waals surface area contributed by atoms with Crippen LogP contribution in [0.4, 0.5) is 0 Å². The molecule has 1 atom stereocenters. The van der Waals surface area contributed by atoms with Gasteiger partial charge in [0.25, 0.3) is 0 Å². The van der Waals surface area contributed by atoms with E-state index in [1.165, 1.54) is 141 Å². The normalized spacial score (nSPS) is 12.5. The summed E-state index contributed by atoms with van der Waals surface area (Å²) in [6, 6.07) is 0. The molecule has 0 aliphatic rings. The molecular formula is C44H80O4. The number of hydrogen-bond donors (Lipinski definition) is 1. The van der Waals surface area contributed by atoms with Crippen LogP contribution in [0.1, 0.15) is 226 Å². The summed E-state index contributed by atoms with van der Waals surface area (Å²) in [6.07, 6.45) is 51.8. The number of esters is 1. The molecule has 4 nitrogen and oxygen atoms in total. The lowest BCUT2D eigenvalue weighted by Gasteiger charge is -2.13. The van der Waals surface area contributed by atoms with Crippen LogP contribution in [0.15, 0.2) is 36.5 Å². The molecule has 1 N–H and O–H groups in total. The smallest absolute Gasteiger partial charge is 0.345 e. The summed E-state index contributed by atoms with van der Waals surface area (Å²) < 4.78 is 5.33. The first-order valence-corrected chi connectivity index (χ1v) is 21.0. The Morgan fingerprint density at radius 2 is 0.792 bits per heavy atom. The number of hydrogen-bond acceptors (Lipinski definition) is 3. The summed E-state index contributed by atoms with van der Waals surface area (Å²) in [4.78, 5) is 23.8. The van der Waals surface area contributed by atoms with E-state index in [-0.39, 0.29) is 5.97 Å². The van der Waals surface area contributed by atoms with Crippen molar-refractivity contribution in [3.8, 4) is 0 Å². The van der Waals surface area contributed by atoms with Crippen molar-refractivity contribution < 1.29 is 19.4 Å². The Labute approximate surface area is 299 Å². The highest BCUT2D eigenvalue weighted by Gasteiger charge is 2.21. The van der Waals surface area contributed by atoms with Gasteiger partial charge in [-0.3, -0.25) is 4.79 Å². The zero-order chi connectivity index (χ0) is 35.0. The molecule has 0 spiro atoms. The van der Waals surface area contributed by atoms with E-state index in [4.69, 9.17) is 4.74 Å². The SMILES string of the molecule is CCCCC/C=C\C/C=C\C/C=C\CCCCCCCCC(=O)OC(CCCCCCCCCCCCCCCCCCCC)C(=O)O. The lowest BCUT2D eigenvalue weighted by molar-refractivity contribution is -0.164. The minimum Gasteiger partial charge on any atom is -0.479 e. The second kappa shape index (κ2) is 39.6. The van der Waals surface area contributed by atoms with Crippen molar-refractivity contribution in [2.45, 2.75) is 232 Å². The van der Waals surface area contributed by atoms with Crippen molar-refractivity contribution in [3.63, 3.8) is 0 Å². The molecule has 0 saturated carbocycles. The van der Waals surface area contributed by atoms with Crippen molar-refractivity contribution in [2.24, 2.45) is 0 Å². The van der Waals surface area contributed by atoms with Crippen LogP contribution in [-0.4, -0.2) is 23.1 Å². The van der Waals surface area contributed by atoms with E-state index < -0.39 is 12.1 Å². The molecule has 0 aliphatic carbocycles. The van der Waals surface area contributed by atoms with Crippen LogP contribution < -0.4 is 0 Å². The van der Waals surface area contributed by atoms with E-state index in [9.17, 15) is 14.7 Å². The van der Waals surface area contributed by atoms with E-state index >= 15 is 0 Å². The second-order valence-corrected chi connectivity index (χ2v) is 14.2. The van der Waals surface area contributed by atoms with Gasteiger partial charge >= 0.3 is 11.9 Å². The zero-order valence-electron chi connectivity index (χ0n) is 32.0. The monoisotopic (exact) mass is 673 g/mol. The fourth-order valence-electron chi connectivity index (χ4n) is 6.21. The molecule has 0 aromatic carbocycles. The second-order valence-electron chi connectivity index (χ2n) is 14.2. The van der Waals surface area contributed by atoms with Crippen LogP contribution in [0, 0.1) is 0 Å². The number of carbonyl (C=O) groups excluding carboxylic acids is 1. The van der Waals surface area contributed by atoms with E-state index in [2.05, 4.69) is 50.3 Å². The van der Waals surface area contributed by atoms with Crippen molar-refractivity contribution in [1.82, 2.24) is 0 Å². The van der Waals surface area contributed by atoms with Crippen LogP contribution in [0.3, 0.4) is 0 Å². The van der Waals surface area contributed by atoms with Gasteiger partial charge in [0.05, 0.1) is 0 Å². The number of ether oxygens (including phenoxy) is 1. The molecule has 48 heavy (non-hydrogen) atoms. The highest BCUT2D eigenvalue weighted by atomic mass is 16.6. The van der Waals surface area contributed by atoms with E-state index in [1.54, 1.807) is 0 Å². The van der Waals surface area contributed by atoms with Gasteiger partial charge in [0.15, 0.2) is 6.10 Å². The van der Waals surface area contributed by atoms with Crippen molar-refractivity contribution in [3.05, 3.63) is 36.5 Å². The van der Waals surface area contributed by atoms with Crippen LogP contribution in [0.2, 0.25) is 0 Å². The fourth-order valence-corrected chi connectivity index (χ4v) is 6.21. The molecule has 1 unspecified atom stereocenters. The van der Waals surface area contributed by atoms with Gasteiger partial charge in [-0.15, -0.1) is 0 Å². The Morgan fingerprint density at radius 1 is 0.458 bits per heavy atom. The first kappa shape index (κ1) is 46.2. The molecular weight excluding hydrogens is 592 g/mol. The molecule has 280 valence electrons. The van der Waals surface area contributed by atoms with Gasteiger partial charge in [-0.05, 0) is 57.8 Å². The largest absolute Gasteiger partial charge is 0.479 e. The first-order valence-electron chi connectivity index (χ1n) is 21.0. The summed E-state index contributed by atoms with van der Waals surface area (Å²) in [6.45, 7) is 4.52. The van der Waals surface area contributed by atoms with Crippen LogP contribution in [0.5, 0.6) is 0 Å². The van der Waals surface area contributed by atoms with Crippen LogP contribution >= 0.6 is 0 Å². The van der Waals surface area contributed by atoms with Crippen LogP contribution in [0.25, 0.3) is 0 Å². The van der Waals surface area contributed by atoms with E-state index in [0.717, 1.165) is 57.8 Å². The minimum absolute atomic E-state index is 0.327. The lowest BCUT2D eigenvalue weighted by Crippen LogP contribution is -2.27. The zero-order valence-corrected chi connectivity index (χ0v) is 32.0.